The molecule has 0 aromatic heterocycles. The first-order valence-electron chi connectivity index (χ1n) is 5.86. The summed E-state index contributed by atoms with van der Waals surface area (Å²) in [7, 11) is 0. The van der Waals surface area contributed by atoms with Gasteiger partial charge in [-0.3, -0.25) is 4.79 Å². The lowest BCUT2D eigenvalue weighted by Crippen LogP contribution is -2.31. The highest BCUT2D eigenvalue weighted by Gasteiger charge is 2.17. The maximum Gasteiger partial charge on any atom is 0.255 e. The maximum atomic E-state index is 11.8. The van der Waals surface area contributed by atoms with Gasteiger partial charge in [0.25, 0.3) is 5.91 Å². The van der Waals surface area contributed by atoms with E-state index in [1.807, 2.05) is 6.92 Å². The average Bonchev–Trinajstić information content (AvgIpc) is 2.82. The number of hydrogen-bond donors (Lipinski definition) is 2. The third-order valence-corrected chi connectivity index (χ3v) is 2.91. The van der Waals surface area contributed by atoms with Gasteiger partial charge in [0.05, 0.1) is 11.7 Å². The molecule has 92 valence electrons. The number of amides is 1. The molecule has 0 spiro atoms. The lowest BCUT2D eigenvalue weighted by molar-refractivity contribution is 0.0855. The van der Waals surface area contributed by atoms with Crippen molar-refractivity contribution in [2.45, 2.75) is 25.9 Å². The van der Waals surface area contributed by atoms with Crippen LogP contribution in [0.2, 0.25) is 0 Å². The average molecular weight is 235 g/mol. The van der Waals surface area contributed by atoms with Crippen LogP contribution >= 0.6 is 0 Å². The molecule has 1 aromatic carbocycles. The standard InChI is InChI=1S/C13H17NO3/c1-9-4-5-12(15)11(7-9)13(16)14-8-10-3-2-6-17-10/h4-5,7,10,15H,2-3,6,8H2,1H3,(H,14,16). The summed E-state index contributed by atoms with van der Waals surface area (Å²) in [5.41, 5.74) is 1.27. The lowest BCUT2D eigenvalue weighted by Gasteiger charge is -2.11. The second kappa shape index (κ2) is 5.19. The second-order valence-corrected chi connectivity index (χ2v) is 4.37. The van der Waals surface area contributed by atoms with Gasteiger partial charge in [-0.2, -0.15) is 0 Å². The zero-order valence-electron chi connectivity index (χ0n) is 9.90. The minimum absolute atomic E-state index is 0.0143. The van der Waals surface area contributed by atoms with Crippen molar-refractivity contribution in [1.82, 2.24) is 5.32 Å². The van der Waals surface area contributed by atoms with Crippen LogP contribution in [0.15, 0.2) is 18.2 Å². The third-order valence-electron chi connectivity index (χ3n) is 2.91. The summed E-state index contributed by atoms with van der Waals surface area (Å²) in [5, 5.41) is 12.4. The van der Waals surface area contributed by atoms with Crippen LogP contribution in [0.1, 0.15) is 28.8 Å². The van der Waals surface area contributed by atoms with E-state index in [9.17, 15) is 9.90 Å². The van der Waals surface area contributed by atoms with Crippen LogP contribution in [0.3, 0.4) is 0 Å². The Morgan fingerprint density at radius 3 is 3.12 bits per heavy atom. The number of benzene rings is 1. The van der Waals surface area contributed by atoms with Crippen LogP contribution in [0.25, 0.3) is 0 Å². The van der Waals surface area contributed by atoms with Crippen LogP contribution in [-0.4, -0.2) is 30.3 Å². The fourth-order valence-electron chi connectivity index (χ4n) is 1.94. The van der Waals surface area contributed by atoms with Gasteiger partial charge in [0.15, 0.2) is 0 Å². The van der Waals surface area contributed by atoms with Crippen molar-refractivity contribution in [1.29, 1.82) is 0 Å². The molecular weight excluding hydrogens is 218 g/mol. The largest absolute Gasteiger partial charge is 0.507 e. The van der Waals surface area contributed by atoms with Crippen molar-refractivity contribution < 1.29 is 14.6 Å². The first-order valence-corrected chi connectivity index (χ1v) is 5.86. The predicted octanol–water partition coefficient (Wildman–Crippen LogP) is 1.61. The Morgan fingerprint density at radius 1 is 1.59 bits per heavy atom. The van der Waals surface area contributed by atoms with Gasteiger partial charge in [0.1, 0.15) is 5.75 Å². The quantitative estimate of drug-likeness (QED) is 0.836. The van der Waals surface area contributed by atoms with E-state index in [-0.39, 0.29) is 17.8 Å². The van der Waals surface area contributed by atoms with E-state index in [4.69, 9.17) is 4.74 Å². The molecule has 1 aliphatic heterocycles. The summed E-state index contributed by atoms with van der Waals surface area (Å²) in [6, 6.07) is 4.99. The Hall–Kier alpha value is -1.55. The summed E-state index contributed by atoms with van der Waals surface area (Å²) in [4.78, 5) is 11.8. The zero-order chi connectivity index (χ0) is 12.3. The number of aryl methyl sites for hydroxylation is 1. The van der Waals surface area contributed by atoms with E-state index in [0.717, 1.165) is 25.0 Å². The Balaban J connectivity index is 1.96. The molecule has 1 saturated heterocycles. The van der Waals surface area contributed by atoms with Crippen LogP contribution in [0.5, 0.6) is 5.75 Å². The molecule has 1 aromatic rings. The number of nitrogens with one attached hydrogen (secondary N) is 1. The van der Waals surface area contributed by atoms with Crippen molar-refractivity contribution in [3.63, 3.8) is 0 Å². The van der Waals surface area contributed by atoms with Gasteiger partial charge in [0, 0.05) is 13.2 Å². The topological polar surface area (TPSA) is 58.6 Å². The molecule has 0 radical (unpaired) electrons. The highest BCUT2D eigenvalue weighted by atomic mass is 16.5. The smallest absolute Gasteiger partial charge is 0.255 e. The fraction of sp³-hybridized carbons (Fsp3) is 0.462. The van der Waals surface area contributed by atoms with Crippen molar-refractivity contribution >= 4 is 5.91 Å². The fourth-order valence-corrected chi connectivity index (χ4v) is 1.94. The molecule has 1 aliphatic rings. The molecule has 1 fully saturated rings. The molecule has 0 bridgehead atoms. The lowest BCUT2D eigenvalue weighted by atomic mass is 10.1. The molecule has 4 nitrogen and oxygen atoms in total. The van der Waals surface area contributed by atoms with Gasteiger partial charge >= 0.3 is 0 Å². The normalized spacial score (nSPS) is 19.2. The number of rotatable bonds is 3. The van der Waals surface area contributed by atoms with Crippen LogP contribution < -0.4 is 5.32 Å². The predicted molar refractivity (Wildman–Crippen MR) is 64.2 cm³/mol. The molecule has 2 N–H and O–H groups in total. The number of carbonyl (C=O) groups is 1. The van der Waals surface area contributed by atoms with E-state index in [0.29, 0.717) is 12.1 Å². The van der Waals surface area contributed by atoms with Crippen molar-refractivity contribution in [3.05, 3.63) is 29.3 Å². The first kappa shape index (κ1) is 11.9. The van der Waals surface area contributed by atoms with Crippen LogP contribution in [0.4, 0.5) is 0 Å². The number of hydrogen-bond acceptors (Lipinski definition) is 3. The van der Waals surface area contributed by atoms with E-state index >= 15 is 0 Å². The molecule has 17 heavy (non-hydrogen) atoms. The molecule has 0 aliphatic carbocycles. The highest BCUT2D eigenvalue weighted by molar-refractivity contribution is 5.96. The van der Waals surface area contributed by atoms with E-state index in [1.54, 1.807) is 12.1 Å². The maximum absolute atomic E-state index is 11.8. The summed E-state index contributed by atoms with van der Waals surface area (Å²) >= 11 is 0. The first-order chi connectivity index (χ1) is 8.16. The minimum Gasteiger partial charge on any atom is -0.507 e. The molecule has 1 atom stereocenters. The zero-order valence-corrected chi connectivity index (χ0v) is 9.90. The molecule has 1 heterocycles. The van der Waals surface area contributed by atoms with E-state index in [1.165, 1.54) is 6.07 Å². The van der Waals surface area contributed by atoms with E-state index < -0.39 is 0 Å². The number of ether oxygens (including phenoxy) is 1. The molecule has 2 rings (SSSR count). The minimum atomic E-state index is -0.248. The van der Waals surface area contributed by atoms with Gasteiger partial charge in [-0.05, 0) is 31.9 Å². The van der Waals surface area contributed by atoms with Gasteiger partial charge < -0.3 is 15.2 Å². The number of carbonyl (C=O) groups excluding carboxylic acids is 1. The number of phenolic OH excluding ortho intramolecular Hbond substituents is 1. The van der Waals surface area contributed by atoms with Gasteiger partial charge in [-0.15, -0.1) is 0 Å². The van der Waals surface area contributed by atoms with Gasteiger partial charge in [0.2, 0.25) is 0 Å². The SMILES string of the molecule is Cc1ccc(O)c(C(=O)NCC2CCCO2)c1. The Bertz CT molecular complexity index is 411. The number of aromatic hydroxyl groups is 1. The summed E-state index contributed by atoms with van der Waals surface area (Å²) in [6.45, 7) is 3.17. The van der Waals surface area contributed by atoms with Crippen molar-refractivity contribution in [3.8, 4) is 5.75 Å². The Labute approximate surface area is 101 Å². The highest BCUT2D eigenvalue weighted by Crippen LogP contribution is 2.18. The number of phenols is 1. The summed E-state index contributed by atoms with van der Waals surface area (Å²) in [6.07, 6.45) is 2.15. The summed E-state index contributed by atoms with van der Waals surface area (Å²) < 4.78 is 5.42. The Kier molecular flexibility index (Phi) is 3.64. The van der Waals surface area contributed by atoms with E-state index in [2.05, 4.69) is 5.32 Å². The molecule has 4 heteroatoms. The second-order valence-electron chi connectivity index (χ2n) is 4.37. The van der Waals surface area contributed by atoms with Crippen LogP contribution in [0, 0.1) is 6.92 Å². The molecule has 0 saturated carbocycles. The molecular formula is C13H17NO3. The van der Waals surface area contributed by atoms with Gasteiger partial charge in [-0.1, -0.05) is 11.6 Å². The Morgan fingerprint density at radius 2 is 2.41 bits per heavy atom. The molecule has 1 unspecified atom stereocenters. The monoisotopic (exact) mass is 235 g/mol. The van der Waals surface area contributed by atoms with Crippen LogP contribution in [-0.2, 0) is 4.74 Å². The third kappa shape index (κ3) is 2.97. The summed E-state index contributed by atoms with van der Waals surface area (Å²) in [5.74, 6) is -0.234. The van der Waals surface area contributed by atoms with Crippen molar-refractivity contribution in [2.75, 3.05) is 13.2 Å². The van der Waals surface area contributed by atoms with Crippen molar-refractivity contribution in [2.24, 2.45) is 0 Å². The molecule has 1 amide bonds. The van der Waals surface area contributed by atoms with Gasteiger partial charge in [-0.25, -0.2) is 0 Å².